The van der Waals surface area contributed by atoms with Gasteiger partial charge in [0.25, 0.3) is 0 Å². The maximum atomic E-state index is 5.45. The van der Waals surface area contributed by atoms with Crippen molar-refractivity contribution in [2.75, 3.05) is 32.2 Å². The number of hydrogen-bond donors (Lipinski definition) is 0. The van der Waals surface area contributed by atoms with Crippen molar-refractivity contribution < 1.29 is 9.47 Å². The van der Waals surface area contributed by atoms with Crippen LogP contribution in [0.2, 0.25) is 0 Å². The predicted molar refractivity (Wildman–Crippen MR) is 108 cm³/mol. The lowest BCUT2D eigenvalue weighted by atomic mass is 9.98. The van der Waals surface area contributed by atoms with Crippen molar-refractivity contribution in [1.29, 1.82) is 0 Å². The van der Waals surface area contributed by atoms with Crippen molar-refractivity contribution in [2.24, 2.45) is 0 Å². The molecule has 0 saturated carbocycles. The zero-order valence-corrected chi connectivity index (χ0v) is 16.7. The molecule has 6 nitrogen and oxygen atoms in total. The molecule has 2 bridgehead atoms. The second kappa shape index (κ2) is 7.24. The number of nitrogens with zero attached hydrogens (tertiary/aromatic N) is 4. The summed E-state index contributed by atoms with van der Waals surface area (Å²) in [5.41, 5.74) is 3.82. The van der Waals surface area contributed by atoms with Crippen LogP contribution in [0.3, 0.4) is 0 Å². The first-order chi connectivity index (χ1) is 13.7. The van der Waals surface area contributed by atoms with E-state index in [0.29, 0.717) is 12.1 Å². The fraction of sp³-hybridized carbons (Fsp3) is 0.545. The summed E-state index contributed by atoms with van der Waals surface area (Å²) >= 11 is 0. The van der Waals surface area contributed by atoms with E-state index in [2.05, 4.69) is 28.1 Å². The monoisotopic (exact) mass is 380 g/mol. The molecule has 2 aromatic rings. The molecule has 1 aromatic heterocycles. The number of fused-ring (bicyclic) bond motifs is 4. The fourth-order valence-corrected chi connectivity index (χ4v) is 5.05. The first-order valence-electron chi connectivity index (χ1n) is 10.3. The van der Waals surface area contributed by atoms with Crippen molar-refractivity contribution in [1.82, 2.24) is 14.9 Å². The van der Waals surface area contributed by atoms with E-state index in [9.17, 15) is 0 Å². The molecule has 5 rings (SSSR count). The zero-order valence-electron chi connectivity index (χ0n) is 16.7. The number of benzene rings is 1. The molecule has 148 valence electrons. The van der Waals surface area contributed by atoms with E-state index in [1.807, 2.05) is 6.07 Å². The Labute approximate surface area is 166 Å². The van der Waals surface area contributed by atoms with Crippen LogP contribution in [-0.4, -0.2) is 48.2 Å². The minimum Gasteiger partial charge on any atom is -0.497 e. The van der Waals surface area contributed by atoms with Gasteiger partial charge in [0.15, 0.2) is 0 Å². The van der Waals surface area contributed by atoms with Gasteiger partial charge in [-0.2, -0.15) is 0 Å². The molecule has 0 radical (unpaired) electrons. The van der Waals surface area contributed by atoms with Crippen LogP contribution >= 0.6 is 0 Å². The Kier molecular flexibility index (Phi) is 4.59. The fourth-order valence-electron chi connectivity index (χ4n) is 5.05. The second-order valence-corrected chi connectivity index (χ2v) is 8.11. The number of rotatable bonds is 5. The number of methoxy groups -OCH3 is 2. The summed E-state index contributed by atoms with van der Waals surface area (Å²) in [7, 11) is 3.41. The third-order valence-corrected chi connectivity index (χ3v) is 6.48. The van der Waals surface area contributed by atoms with E-state index in [1.165, 1.54) is 42.5 Å². The third-order valence-electron chi connectivity index (χ3n) is 6.48. The summed E-state index contributed by atoms with van der Waals surface area (Å²) in [6, 6.07) is 7.13. The van der Waals surface area contributed by atoms with E-state index in [0.717, 1.165) is 43.5 Å². The molecule has 4 heterocycles. The van der Waals surface area contributed by atoms with E-state index in [4.69, 9.17) is 19.4 Å². The smallest absolute Gasteiger partial charge is 0.225 e. The summed E-state index contributed by atoms with van der Waals surface area (Å²) in [6.45, 7) is 3.08. The number of aromatic nitrogens is 2. The van der Waals surface area contributed by atoms with Crippen LogP contribution in [0.25, 0.3) is 0 Å². The van der Waals surface area contributed by atoms with E-state index < -0.39 is 0 Å². The van der Waals surface area contributed by atoms with Gasteiger partial charge in [0.1, 0.15) is 11.5 Å². The molecule has 6 heteroatoms. The van der Waals surface area contributed by atoms with Crippen LogP contribution in [0.4, 0.5) is 5.95 Å². The van der Waals surface area contributed by atoms with E-state index in [1.54, 1.807) is 14.2 Å². The molecule has 2 fully saturated rings. The van der Waals surface area contributed by atoms with E-state index >= 15 is 0 Å². The minimum absolute atomic E-state index is 0.415. The first kappa shape index (κ1) is 17.7. The van der Waals surface area contributed by atoms with Gasteiger partial charge in [0.05, 0.1) is 19.9 Å². The van der Waals surface area contributed by atoms with Crippen LogP contribution in [0.1, 0.15) is 48.5 Å². The molecule has 3 aliphatic heterocycles. The van der Waals surface area contributed by atoms with Gasteiger partial charge in [0, 0.05) is 56.0 Å². The molecule has 1 aromatic carbocycles. The van der Waals surface area contributed by atoms with Gasteiger partial charge < -0.3 is 14.4 Å². The van der Waals surface area contributed by atoms with Crippen molar-refractivity contribution in [2.45, 2.75) is 50.7 Å². The molecule has 2 saturated heterocycles. The van der Waals surface area contributed by atoms with Gasteiger partial charge in [-0.05, 0) is 43.4 Å². The highest BCUT2D eigenvalue weighted by atomic mass is 16.5. The van der Waals surface area contributed by atoms with Crippen molar-refractivity contribution >= 4 is 5.95 Å². The van der Waals surface area contributed by atoms with Gasteiger partial charge in [-0.15, -0.1) is 0 Å². The first-order valence-corrected chi connectivity index (χ1v) is 10.3. The predicted octanol–water partition coefficient (Wildman–Crippen LogP) is 3.36. The second-order valence-electron chi connectivity index (χ2n) is 8.11. The van der Waals surface area contributed by atoms with E-state index in [-0.39, 0.29) is 0 Å². The van der Waals surface area contributed by atoms with Gasteiger partial charge in [-0.25, -0.2) is 9.97 Å². The van der Waals surface area contributed by atoms with Crippen molar-refractivity contribution in [3.05, 3.63) is 41.2 Å². The lowest BCUT2D eigenvalue weighted by molar-refractivity contribution is 0.166. The van der Waals surface area contributed by atoms with Crippen LogP contribution in [0, 0.1) is 0 Å². The summed E-state index contributed by atoms with van der Waals surface area (Å²) < 4.78 is 10.9. The van der Waals surface area contributed by atoms with Crippen LogP contribution in [0.15, 0.2) is 24.4 Å². The SMILES string of the molecule is COc1cc(CN2[C@H]3CC[C@H]2c2cnc(N4CCCC4)nc2C3)cc(OC)c1. The molecule has 3 aliphatic rings. The third kappa shape index (κ3) is 3.09. The summed E-state index contributed by atoms with van der Waals surface area (Å²) in [5.74, 6) is 2.62. The summed E-state index contributed by atoms with van der Waals surface area (Å²) in [5, 5.41) is 0. The maximum absolute atomic E-state index is 5.45. The number of hydrogen-bond acceptors (Lipinski definition) is 6. The average molecular weight is 380 g/mol. The molecular weight excluding hydrogens is 352 g/mol. The average Bonchev–Trinajstić information content (AvgIpc) is 3.35. The largest absolute Gasteiger partial charge is 0.497 e. The van der Waals surface area contributed by atoms with Crippen LogP contribution in [-0.2, 0) is 13.0 Å². The highest BCUT2D eigenvalue weighted by Gasteiger charge is 2.41. The van der Waals surface area contributed by atoms with Gasteiger partial charge in [-0.1, -0.05) is 0 Å². The van der Waals surface area contributed by atoms with Gasteiger partial charge in [-0.3, -0.25) is 4.90 Å². The van der Waals surface area contributed by atoms with Crippen LogP contribution < -0.4 is 14.4 Å². The minimum atomic E-state index is 0.415. The topological polar surface area (TPSA) is 50.7 Å². The van der Waals surface area contributed by atoms with Gasteiger partial charge in [0.2, 0.25) is 5.95 Å². The molecule has 28 heavy (non-hydrogen) atoms. The molecular formula is C22H28N4O2. The maximum Gasteiger partial charge on any atom is 0.225 e. The van der Waals surface area contributed by atoms with Crippen molar-refractivity contribution in [3.63, 3.8) is 0 Å². The summed E-state index contributed by atoms with van der Waals surface area (Å²) in [4.78, 5) is 14.7. The molecule has 2 atom stereocenters. The normalized spacial score (nSPS) is 23.7. The molecule has 0 aliphatic carbocycles. The molecule has 0 unspecified atom stereocenters. The quantitative estimate of drug-likeness (QED) is 0.793. The Morgan fingerprint density at radius 2 is 1.79 bits per heavy atom. The number of anilines is 1. The number of ether oxygens (including phenoxy) is 2. The Bertz CT molecular complexity index is 843. The summed E-state index contributed by atoms with van der Waals surface area (Å²) in [6.07, 6.45) is 8.04. The van der Waals surface area contributed by atoms with Crippen molar-refractivity contribution in [3.8, 4) is 11.5 Å². The van der Waals surface area contributed by atoms with Gasteiger partial charge >= 0.3 is 0 Å². The van der Waals surface area contributed by atoms with Crippen LogP contribution in [0.5, 0.6) is 11.5 Å². The Hall–Kier alpha value is -2.34. The Morgan fingerprint density at radius 1 is 1.04 bits per heavy atom. The Balaban J connectivity index is 1.40. The molecule has 0 amide bonds. The lowest BCUT2D eigenvalue weighted by Crippen LogP contribution is -2.38. The molecule has 0 spiro atoms. The lowest BCUT2D eigenvalue weighted by Gasteiger charge is -2.36. The highest BCUT2D eigenvalue weighted by Crippen LogP contribution is 2.44. The Morgan fingerprint density at radius 3 is 2.50 bits per heavy atom. The molecule has 0 N–H and O–H groups in total. The highest BCUT2D eigenvalue weighted by molar-refractivity contribution is 5.40. The zero-order chi connectivity index (χ0) is 19.1. The standard InChI is InChI=1S/C22H28N4O2/c1-27-17-9-15(10-18(12-17)28-2)14-26-16-5-6-21(26)19-13-23-22(24-20(19)11-16)25-7-3-4-8-25/h9-10,12-13,16,21H,3-8,11,14H2,1-2H3/t16-,21-/m0/s1.